The maximum absolute atomic E-state index is 12.4. The summed E-state index contributed by atoms with van der Waals surface area (Å²) in [6, 6.07) is 12.5. The monoisotopic (exact) mass is 332 g/mol. The summed E-state index contributed by atoms with van der Waals surface area (Å²) in [5.74, 6) is 0.734. The minimum absolute atomic E-state index is 0.240. The van der Waals surface area contributed by atoms with E-state index in [1.54, 1.807) is 45.2 Å². The number of hydrogen-bond acceptors (Lipinski definition) is 4. The quantitative estimate of drug-likeness (QED) is 0.676. The number of hydrogen-bond donors (Lipinski definition) is 1. The minimum atomic E-state index is -3.69. The summed E-state index contributed by atoms with van der Waals surface area (Å²) in [6.45, 7) is 5.35. The van der Waals surface area contributed by atoms with Gasteiger partial charge in [0.05, 0.1) is 17.7 Å². The molecule has 0 aliphatic heterocycles. The predicted molar refractivity (Wildman–Crippen MR) is 91.4 cm³/mol. The van der Waals surface area contributed by atoms with Crippen LogP contribution in [0.25, 0.3) is 0 Å². The molecule has 2 aromatic rings. The molecule has 122 valence electrons. The van der Waals surface area contributed by atoms with Gasteiger partial charge in [0.25, 0.3) is 10.0 Å². The molecule has 2 rings (SSSR count). The van der Waals surface area contributed by atoms with Crippen molar-refractivity contribution in [2.75, 3.05) is 7.11 Å². The van der Waals surface area contributed by atoms with Gasteiger partial charge in [-0.15, -0.1) is 0 Å². The van der Waals surface area contributed by atoms with Crippen molar-refractivity contribution in [3.63, 3.8) is 0 Å². The van der Waals surface area contributed by atoms with Crippen molar-refractivity contribution < 1.29 is 13.2 Å². The first kappa shape index (κ1) is 17.0. The third kappa shape index (κ3) is 4.10. The van der Waals surface area contributed by atoms with Crippen LogP contribution in [0, 0.1) is 13.8 Å². The molecule has 0 aliphatic rings. The van der Waals surface area contributed by atoms with Crippen LogP contribution in [0.3, 0.4) is 0 Å². The van der Waals surface area contributed by atoms with Crippen LogP contribution < -0.4 is 9.57 Å². The standard InChI is InChI=1S/C17H20N2O3S/c1-12-5-6-13(2)17(11-12)23(20,21)19-18-14(3)15-7-9-16(22-4)10-8-15/h5-11,19H,1-4H3. The summed E-state index contributed by atoms with van der Waals surface area (Å²) in [7, 11) is -2.10. The summed E-state index contributed by atoms with van der Waals surface area (Å²) >= 11 is 0. The first-order chi connectivity index (χ1) is 10.8. The van der Waals surface area contributed by atoms with E-state index in [1.165, 1.54) is 0 Å². The Hall–Kier alpha value is -2.34. The molecule has 0 spiro atoms. The average Bonchev–Trinajstić information content (AvgIpc) is 2.55. The summed E-state index contributed by atoms with van der Waals surface area (Å²) in [5, 5.41) is 4.01. The maximum atomic E-state index is 12.4. The van der Waals surface area contributed by atoms with Gasteiger partial charge in [0.1, 0.15) is 5.75 Å². The van der Waals surface area contributed by atoms with Crippen molar-refractivity contribution in [2.24, 2.45) is 5.10 Å². The molecular formula is C17H20N2O3S. The van der Waals surface area contributed by atoms with E-state index in [-0.39, 0.29) is 4.90 Å². The summed E-state index contributed by atoms with van der Waals surface area (Å²) in [6.07, 6.45) is 0. The number of nitrogens with zero attached hydrogens (tertiary/aromatic N) is 1. The van der Waals surface area contributed by atoms with Gasteiger partial charge in [-0.2, -0.15) is 18.4 Å². The zero-order valence-corrected chi connectivity index (χ0v) is 14.4. The fraction of sp³-hybridized carbons (Fsp3) is 0.235. The minimum Gasteiger partial charge on any atom is -0.497 e. The zero-order valence-electron chi connectivity index (χ0n) is 13.6. The SMILES string of the molecule is COc1ccc(C(C)=NNS(=O)(=O)c2cc(C)ccc2C)cc1. The number of nitrogens with one attached hydrogen (secondary N) is 1. The molecule has 5 nitrogen and oxygen atoms in total. The van der Waals surface area contributed by atoms with Crippen molar-refractivity contribution in [2.45, 2.75) is 25.7 Å². The lowest BCUT2D eigenvalue weighted by Gasteiger charge is -2.09. The van der Waals surface area contributed by atoms with Gasteiger partial charge in [0, 0.05) is 0 Å². The van der Waals surface area contributed by atoms with Crippen molar-refractivity contribution in [1.82, 2.24) is 4.83 Å². The van der Waals surface area contributed by atoms with E-state index < -0.39 is 10.0 Å². The normalized spacial score (nSPS) is 12.1. The van der Waals surface area contributed by atoms with E-state index in [2.05, 4.69) is 9.93 Å². The fourth-order valence-corrected chi connectivity index (χ4v) is 3.26. The average molecular weight is 332 g/mol. The van der Waals surface area contributed by atoms with Gasteiger partial charge >= 0.3 is 0 Å². The van der Waals surface area contributed by atoms with Gasteiger partial charge in [-0.25, -0.2) is 0 Å². The molecule has 6 heteroatoms. The third-order valence-electron chi connectivity index (χ3n) is 3.47. The lowest BCUT2D eigenvalue weighted by Crippen LogP contribution is -2.21. The van der Waals surface area contributed by atoms with Crippen LogP contribution in [0.1, 0.15) is 23.6 Å². The smallest absolute Gasteiger partial charge is 0.276 e. The Morgan fingerprint density at radius 2 is 1.74 bits per heavy atom. The molecule has 0 unspecified atom stereocenters. The highest BCUT2D eigenvalue weighted by Gasteiger charge is 2.16. The first-order valence-corrected chi connectivity index (χ1v) is 8.59. The van der Waals surface area contributed by atoms with Crippen LogP contribution >= 0.6 is 0 Å². The molecule has 0 bridgehead atoms. The molecule has 1 N–H and O–H groups in total. The molecule has 23 heavy (non-hydrogen) atoms. The van der Waals surface area contributed by atoms with Crippen molar-refractivity contribution in [3.05, 3.63) is 59.2 Å². The largest absolute Gasteiger partial charge is 0.497 e. The van der Waals surface area contributed by atoms with Crippen LogP contribution in [0.2, 0.25) is 0 Å². The van der Waals surface area contributed by atoms with Crippen molar-refractivity contribution in [1.29, 1.82) is 0 Å². The molecule has 0 atom stereocenters. The summed E-state index contributed by atoms with van der Waals surface area (Å²) < 4.78 is 29.9. The number of methoxy groups -OCH3 is 1. The number of benzene rings is 2. The highest BCUT2D eigenvalue weighted by molar-refractivity contribution is 7.89. The van der Waals surface area contributed by atoms with Crippen LogP contribution in [-0.2, 0) is 10.0 Å². The van der Waals surface area contributed by atoms with E-state index >= 15 is 0 Å². The lowest BCUT2D eigenvalue weighted by molar-refractivity contribution is 0.415. The van der Waals surface area contributed by atoms with Gasteiger partial charge in [-0.05, 0) is 67.8 Å². The Balaban J connectivity index is 2.24. The van der Waals surface area contributed by atoms with Gasteiger partial charge in [0.2, 0.25) is 0 Å². The molecule has 0 amide bonds. The molecule has 2 aromatic carbocycles. The maximum Gasteiger partial charge on any atom is 0.276 e. The first-order valence-electron chi connectivity index (χ1n) is 7.11. The molecule has 0 heterocycles. The van der Waals surface area contributed by atoms with E-state index in [1.807, 2.05) is 25.1 Å². The topological polar surface area (TPSA) is 67.8 Å². The Morgan fingerprint density at radius 3 is 2.35 bits per heavy atom. The Kier molecular flexibility index (Phi) is 5.05. The number of hydrazone groups is 1. The predicted octanol–water partition coefficient (Wildman–Crippen LogP) is 3.01. The van der Waals surface area contributed by atoms with E-state index in [0.29, 0.717) is 11.3 Å². The summed E-state index contributed by atoms with van der Waals surface area (Å²) in [5.41, 5.74) is 2.95. The van der Waals surface area contributed by atoms with Gasteiger partial charge in [0.15, 0.2) is 0 Å². The van der Waals surface area contributed by atoms with Gasteiger partial charge in [-0.1, -0.05) is 12.1 Å². The van der Waals surface area contributed by atoms with Gasteiger partial charge < -0.3 is 4.74 Å². The van der Waals surface area contributed by atoms with Crippen LogP contribution in [0.5, 0.6) is 5.75 Å². The second-order valence-corrected chi connectivity index (χ2v) is 6.92. The molecule has 0 saturated heterocycles. The number of aryl methyl sites for hydroxylation is 2. The fourth-order valence-electron chi connectivity index (χ4n) is 2.07. The van der Waals surface area contributed by atoms with Crippen molar-refractivity contribution in [3.8, 4) is 5.75 Å². The van der Waals surface area contributed by atoms with Crippen LogP contribution in [0.4, 0.5) is 0 Å². The lowest BCUT2D eigenvalue weighted by atomic mass is 10.1. The van der Waals surface area contributed by atoms with Crippen LogP contribution in [0.15, 0.2) is 52.5 Å². The third-order valence-corrected chi connectivity index (χ3v) is 4.82. The molecule has 0 saturated carbocycles. The summed E-state index contributed by atoms with van der Waals surface area (Å²) in [4.78, 5) is 2.54. The van der Waals surface area contributed by atoms with Gasteiger partial charge in [-0.3, -0.25) is 0 Å². The van der Waals surface area contributed by atoms with Crippen molar-refractivity contribution >= 4 is 15.7 Å². The highest BCUT2D eigenvalue weighted by Crippen LogP contribution is 2.17. The van der Waals surface area contributed by atoms with E-state index in [9.17, 15) is 8.42 Å². The molecular weight excluding hydrogens is 312 g/mol. The zero-order chi connectivity index (χ0) is 17.0. The molecule has 0 aliphatic carbocycles. The Morgan fingerprint density at radius 1 is 1.09 bits per heavy atom. The number of rotatable bonds is 5. The molecule has 0 radical (unpaired) electrons. The Bertz CT molecular complexity index is 825. The highest BCUT2D eigenvalue weighted by atomic mass is 32.2. The van der Waals surface area contributed by atoms with Crippen LogP contribution in [-0.4, -0.2) is 21.2 Å². The Labute approximate surface area is 137 Å². The number of ether oxygens (including phenoxy) is 1. The molecule has 0 fully saturated rings. The van der Waals surface area contributed by atoms with E-state index in [0.717, 1.165) is 16.9 Å². The van der Waals surface area contributed by atoms with E-state index in [4.69, 9.17) is 4.74 Å². The molecule has 0 aromatic heterocycles. The second kappa shape index (κ2) is 6.83. The second-order valence-electron chi connectivity index (χ2n) is 5.29. The number of sulfonamides is 1.